The molecule has 5 atom stereocenters. The molecule has 2 aromatic carbocycles. The number of ketones is 1. The zero-order chi connectivity index (χ0) is 23.8. The zero-order valence-electron chi connectivity index (χ0n) is 20.1. The molecule has 2 unspecified atom stereocenters. The summed E-state index contributed by atoms with van der Waals surface area (Å²) in [5.74, 6) is 1.12. The van der Waals surface area contributed by atoms with E-state index in [2.05, 4.69) is 24.3 Å². The molecule has 2 heterocycles. The highest BCUT2D eigenvalue weighted by Crippen LogP contribution is 2.67. The Balaban J connectivity index is 1.31. The van der Waals surface area contributed by atoms with Gasteiger partial charge in [0.2, 0.25) is 0 Å². The number of carbonyl (C=O) groups is 1. The van der Waals surface area contributed by atoms with E-state index in [4.69, 9.17) is 9.47 Å². The van der Waals surface area contributed by atoms with Crippen LogP contribution in [0, 0.1) is 11.1 Å². The van der Waals surface area contributed by atoms with Crippen molar-refractivity contribution in [3.05, 3.63) is 64.4 Å². The van der Waals surface area contributed by atoms with Gasteiger partial charge in [-0.3, -0.25) is 4.79 Å². The number of hydroxylamine groups is 3. The number of hydrogen-bond acceptors (Lipinski definition) is 5. The van der Waals surface area contributed by atoms with E-state index in [1.54, 1.807) is 6.07 Å². The van der Waals surface area contributed by atoms with Crippen LogP contribution < -0.4 is 4.74 Å². The third kappa shape index (κ3) is 2.96. The van der Waals surface area contributed by atoms with Gasteiger partial charge in [0.1, 0.15) is 11.6 Å². The second kappa shape index (κ2) is 7.55. The molecule has 0 radical (unpaired) electrons. The Morgan fingerprint density at radius 2 is 1.97 bits per heavy atom. The number of carbonyl (C=O) groups excluding carboxylic acids is 1. The van der Waals surface area contributed by atoms with Crippen LogP contribution in [0.5, 0.6) is 11.5 Å². The van der Waals surface area contributed by atoms with Crippen LogP contribution in [0.25, 0.3) is 0 Å². The van der Waals surface area contributed by atoms with Crippen LogP contribution in [0.15, 0.2) is 42.5 Å². The van der Waals surface area contributed by atoms with E-state index in [-0.39, 0.29) is 22.2 Å². The maximum absolute atomic E-state index is 14.6. The molecule has 2 saturated carbocycles. The lowest BCUT2D eigenvalue weighted by Gasteiger charge is -2.68. The van der Waals surface area contributed by atoms with Gasteiger partial charge in [-0.05, 0) is 49.3 Å². The van der Waals surface area contributed by atoms with E-state index >= 15 is 0 Å². The Hall–Kier alpha value is -2.41. The number of ether oxygens (including phenoxy) is 2. The Labute approximate surface area is 206 Å². The first kappa shape index (κ1) is 21.8. The molecule has 0 amide bonds. The van der Waals surface area contributed by atoms with Crippen LogP contribution in [0.2, 0.25) is 0 Å². The van der Waals surface area contributed by atoms with Gasteiger partial charge in [0.25, 0.3) is 0 Å². The fourth-order valence-electron chi connectivity index (χ4n) is 7.98. The number of quaternary nitrogens is 1. The number of phenols is 1. The molecule has 5 aliphatic rings. The maximum atomic E-state index is 14.6. The predicted molar refractivity (Wildman–Crippen MR) is 130 cm³/mol. The molecule has 1 spiro atoms. The van der Waals surface area contributed by atoms with Crippen LogP contribution in [0.1, 0.15) is 55.2 Å². The van der Waals surface area contributed by atoms with Crippen LogP contribution in [-0.4, -0.2) is 53.0 Å². The highest BCUT2D eigenvalue weighted by Gasteiger charge is 2.77. The number of likely N-dealkylation sites (tertiary alicyclic amines) is 1. The fourth-order valence-corrected chi connectivity index (χ4v) is 7.98. The zero-order valence-corrected chi connectivity index (χ0v) is 20.1. The van der Waals surface area contributed by atoms with Crippen molar-refractivity contribution in [3.63, 3.8) is 0 Å². The summed E-state index contributed by atoms with van der Waals surface area (Å²) in [7, 11) is 0. The van der Waals surface area contributed by atoms with Gasteiger partial charge in [0.05, 0.1) is 18.5 Å². The molecule has 0 aromatic heterocycles. The molecule has 6 heteroatoms. The first-order valence-corrected chi connectivity index (χ1v) is 13.3. The lowest BCUT2D eigenvalue weighted by Crippen LogP contribution is -2.81. The van der Waals surface area contributed by atoms with Gasteiger partial charge in [-0.2, -0.15) is 0 Å². The highest BCUT2D eigenvalue weighted by molar-refractivity contribution is 5.90. The number of nitrogens with zero attached hydrogens (tertiary/aromatic N) is 1. The Bertz CT molecular complexity index is 1180. The minimum absolute atomic E-state index is 0.0730. The number of aromatic hydroxyl groups is 1. The van der Waals surface area contributed by atoms with E-state index in [0.717, 1.165) is 36.8 Å². The van der Waals surface area contributed by atoms with Crippen molar-refractivity contribution in [2.45, 2.75) is 74.5 Å². The summed E-state index contributed by atoms with van der Waals surface area (Å²) >= 11 is 0. The summed E-state index contributed by atoms with van der Waals surface area (Å²) in [5, 5.41) is 25.3. The Kier molecular flexibility index (Phi) is 4.71. The lowest BCUT2D eigenvalue weighted by molar-refractivity contribution is -0.924. The number of aryl methyl sites for hydroxylation is 1. The topological polar surface area (TPSA) is 78.8 Å². The third-order valence-corrected chi connectivity index (χ3v) is 9.62. The smallest absolute Gasteiger partial charge is 0.174 e. The van der Waals surface area contributed by atoms with Crippen LogP contribution in [0.3, 0.4) is 0 Å². The van der Waals surface area contributed by atoms with Gasteiger partial charge in [-0.25, -0.2) is 0 Å². The van der Waals surface area contributed by atoms with Crippen molar-refractivity contribution in [3.8, 4) is 11.5 Å². The summed E-state index contributed by atoms with van der Waals surface area (Å²) < 4.78 is 13.0. The van der Waals surface area contributed by atoms with Gasteiger partial charge < -0.3 is 24.4 Å². The van der Waals surface area contributed by atoms with Gasteiger partial charge in [-0.1, -0.05) is 36.4 Å². The number of piperidine rings is 1. The molecule has 2 aromatic rings. The number of benzene rings is 2. The highest BCUT2D eigenvalue weighted by atomic mass is 16.6. The first-order valence-electron chi connectivity index (χ1n) is 13.3. The molecule has 3 fully saturated rings. The predicted octanol–water partition coefficient (Wildman–Crippen LogP) is 4.20. The average Bonchev–Trinajstić information content (AvgIpc) is 3.59. The normalized spacial score (nSPS) is 36.5. The molecule has 6 nitrogen and oxygen atoms in total. The molecule has 1 saturated heterocycles. The SMILES string of the molecule is O=C1CC[C@@]2(OCCCc3ccccc3)[C@H]3Cc4ccc(O)c5c4C2(CC[N+]3([O-])CC2CC2)[C@H]1O5. The molecule has 184 valence electrons. The summed E-state index contributed by atoms with van der Waals surface area (Å²) in [6, 6.07) is 13.8. The third-order valence-electron chi connectivity index (χ3n) is 9.62. The van der Waals surface area contributed by atoms with E-state index in [0.29, 0.717) is 57.0 Å². The monoisotopic (exact) mass is 475 g/mol. The van der Waals surface area contributed by atoms with E-state index < -0.39 is 17.1 Å². The maximum Gasteiger partial charge on any atom is 0.174 e. The second-order valence-corrected chi connectivity index (χ2v) is 11.5. The van der Waals surface area contributed by atoms with E-state index in [1.807, 2.05) is 12.1 Å². The molecule has 1 N–H and O–H groups in total. The minimum Gasteiger partial charge on any atom is -0.632 e. The fraction of sp³-hybridized carbons (Fsp3) is 0.552. The van der Waals surface area contributed by atoms with Gasteiger partial charge in [0.15, 0.2) is 23.4 Å². The van der Waals surface area contributed by atoms with Crippen molar-refractivity contribution in [1.82, 2.24) is 0 Å². The lowest BCUT2D eigenvalue weighted by atomic mass is 9.48. The molecular weight excluding hydrogens is 442 g/mol. The van der Waals surface area contributed by atoms with Gasteiger partial charge >= 0.3 is 0 Å². The molecular formula is C29H33NO5. The summed E-state index contributed by atoms with van der Waals surface area (Å²) in [6.45, 7) is 1.68. The molecule has 35 heavy (non-hydrogen) atoms. The number of Topliss-reactive ketones (excluding diaryl/α,β-unsaturated/α-hetero) is 1. The van der Waals surface area contributed by atoms with Crippen LogP contribution in [-0.2, 0) is 27.8 Å². The van der Waals surface area contributed by atoms with Crippen molar-refractivity contribution >= 4 is 5.78 Å². The molecule has 2 bridgehead atoms. The van der Waals surface area contributed by atoms with Gasteiger partial charge in [0, 0.05) is 37.4 Å². The first-order chi connectivity index (χ1) is 17.0. The van der Waals surface area contributed by atoms with Crippen LogP contribution >= 0.6 is 0 Å². The molecule has 2 aliphatic heterocycles. The summed E-state index contributed by atoms with van der Waals surface area (Å²) in [6.07, 6.45) is 5.48. The largest absolute Gasteiger partial charge is 0.632 e. The molecule has 3 aliphatic carbocycles. The number of hydrogen-bond donors (Lipinski definition) is 1. The van der Waals surface area contributed by atoms with Crippen molar-refractivity contribution < 1.29 is 24.0 Å². The van der Waals surface area contributed by atoms with Crippen molar-refractivity contribution in [2.75, 3.05) is 19.7 Å². The summed E-state index contributed by atoms with van der Waals surface area (Å²) in [4.78, 5) is 13.3. The standard InChI is InChI=1S/C29H33NO5/c31-22-11-10-21-17-24-29(34-16-4-7-19-5-2-1-3-6-19)13-12-23(32)27-28(29,25(21)26(22)35-27)14-15-30(24,33)18-20-8-9-20/h1-3,5-6,10-11,20,24,27,31H,4,7-9,12-18H2/t24-,27+,28?,29-,30?/m1/s1. The van der Waals surface area contributed by atoms with Gasteiger partial charge in [-0.15, -0.1) is 0 Å². The minimum atomic E-state index is -0.747. The van der Waals surface area contributed by atoms with E-state index in [9.17, 15) is 15.1 Å². The van der Waals surface area contributed by atoms with Crippen LogP contribution in [0.4, 0.5) is 0 Å². The number of rotatable bonds is 7. The Morgan fingerprint density at radius 3 is 2.77 bits per heavy atom. The molecule has 7 rings (SSSR count). The number of phenolic OH excluding ortho intramolecular Hbond substituents is 1. The van der Waals surface area contributed by atoms with E-state index in [1.165, 1.54) is 5.56 Å². The van der Waals surface area contributed by atoms with Crippen molar-refractivity contribution in [1.29, 1.82) is 0 Å². The average molecular weight is 476 g/mol. The summed E-state index contributed by atoms with van der Waals surface area (Å²) in [5.41, 5.74) is 1.85. The second-order valence-electron chi connectivity index (χ2n) is 11.5. The quantitative estimate of drug-likeness (QED) is 0.369. The van der Waals surface area contributed by atoms with Crippen molar-refractivity contribution in [2.24, 2.45) is 5.92 Å². The Morgan fingerprint density at radius 1 is 1.14 bits per heavy atom.